The van der Waals surface area contributed by atoms with Crippen LogP contribution in [0.3, 0.4) is 0 Å². The van der Waals surface area contributed by atoms with E-state index in [0.29, 0.717) is 17.7 Å². The molecule has 0 aliphatic carbocycles. The number of hydrogen-bond donors (Lipinski definition) is 3. The number of nitrogens with one attached hydrogen (secondary N) is 2. The van der Waals surface area contributed by atoms with E-state index in [-0.39, 0.29) is 29.8 Å². The summed E-state index contributed by atoms with van der Waals surface area (Å²) in [5.41, 5.74) is 8.78. The van der Waals surface area contributed by atoms with E-state index in [2.05, 4.69) is 9.97 Å². The summed E-state index contributed by atoms with van der Waals surface area (Å²) in [6.07, 6.45) is 0. The summed E-state index contributed by atoms with van der Waals surface area (Å²) in [5.74, 6) is 0. The zero-order valence-corrected chi connectivity index (χ0v) is 15.4. The number of aromatic nitrogens is 2. The number of rotatable bonds is 5. The van der Waals surface area contributed by atoms with Crippen LogP contribution in [0.5, 0.6) is 0 Å². The Balaban J connectivity index is 0.000000260. The zero-order chi connectivity index (χ0) is 19.7. The molecule has 0 saturated heterocycles. The molecule has 0 unspecified atom stereocenters. The maximum absolute atomic E-state index is 11.4. The van der Waals surface area contributed by atoms with Crippen LogP contribution >= 0.6 is 0 Å². The Labute approximate surface area is 151 Å². The summed E-state index contributed by atoms with van der Waals surface area (Å²) in [7, 11) is 3.12. The standard InChI is InChI=1S/C9H14N2O2.C9H10N2O2/c2*1-6-3-7(5-13-2)8(4-10)9(12)11-6/h3H,4-5,10H2,1-2H3,(H,11,12);3H,5H2,1-2H3,(H,11,12). The van der Waals surface area contributed by atoms with Gasteiger partial charge in [-0.1, -0.05) is 0 Å². The molecule has 26 heavy (non-hydrogen) atoms. The van der Waals surface area contributed by atoms with Crippen molar-refractivity contribution in [2.75, 3.05) is 14.2 Å². The number of methoxy groups -OCH3 is 2. The van der Waals surface area contributed by atoms with Crippen LogP contribution in [0.1, 0.15) is 33.6 Å². The maximum atomic E-state index is 11.4. The highest BCUT2D eigenvalue weighted by Gasteiger charge is 2.07. The van der Waals surface area contributed by atoms with Crippen molar-refractivity contribution in [3.8, 4) is 6.07 Å². The third-order valence-corrected chi connectivity index (χ3v) is 3.53. The first-order chi connectivity index (χ1) is 12.4. The molecular weight excluding hydrogens is 336 g/mol. The van der Waals surface area contributed by atoms with Crippen molar-refractivity contribution in [1.29, 1.82) is 5.26 Å². The second-order valence-corrected chi connectivity index (χ2v) is 5.65. The summed E-state index contributed by atoms with van der Waals surface area (Å²) in [4.78, 5) is 27.9. The van der Waals surface area contributed by atoms with Gasteiger partial charge in [0.25, 0.3) is 11.1 Å². The highest BCUT2D eigenvalue weighted by molar-refractivity contribution is 5.35. The van der Waals surface area contributed by atoms with E-state index >= 15 is 0 Å². The molecule has 0 atom stereocenters. The summed E-state index contributed by atoms with van der Waals surface area (Å²) in [6, 6.07) is 5.47. The number of nitrogens with two attached hydrogens (primary N) is 1. The van der Waals surface area contributed by atoms with Gasteiger partial charge in [0.2, 0.25) is 0 Å². The zero-order valence-electron chi connectivity index (χ0n) is 15.4. The minimum absolute atomic E-state index is 0.116. The predicted octanol–water partition coefficient (Wildman–Crippen LogP) is 0.990. The number of aryl methyl sites for hydroxylation is 2. The van der Waals surface area contributed by atoms with E-state index in [1.165, 1.54) is 7.11 Å². The fourth-order valence-electron chi connectivity index (χ4n) is 2.44. The van der Waals surface area contributed by atoms with Gasteiger partial charge in [0.1, 0.15) is 11.6 Å². The van der Waals surface area contributed by atoms with E-state index in [9.17, 15) is 9.59 Å². The van der Waals surface area contributed by atoms with Gasteiger partial charge < -0.3 is 25.2 Å². The van der Waals surface area contributed by atoms with Gasteiger partial charge in [0, 0.05) is 43.3 Å². The first-order valence-corrected chi connectivity index (χ1v) is 7.90. The molecule has 2 rings (SSSR count). The molecule has 0 radical (unpaired) electrons. The minimum atomic E-state index is -0.352. The maximum Gasteiger partial charge on any atom is 0.266 e. The van der Waals surface area contributed by atoms with Crippen molar-refractivity contribution in [3.63, 3.8) is 0 Å². The molecule has 0 spiro atoms. The van der Waals surface area contributed by atoms with Crippen molar-refractivity contribution >= 4 is 0 Å². The molecule has 2 heterocycles. The number of H-pyrrole nitrogens is 2. The average molecular weight is 360 g/mol. The van der Waals surface area contributed by atoms with Crippen molar-refractivity contribution in [2.45, 2.75) is 33.6 Å². The lowest BCUT2D eigenvalue weighted by molar-refractivity contribution is 0.184. The van der Waals surface area contributed by atoms with Crippen LogP contribution in [-0.4, -0.2) is 24.2 Å². The Morgan fingerprint density at radius 1 is 1.00 bits per heavy atom. The summed E-state index contributed by atoms with van der Waals surface area (Å²) >= 11 is 0. The summed E-state index contributed by atoms with van der Waals surface area (Å²) in [5, 5.41) is 8.69. The van der Waals surface area contributed by atoms with Crippen molar-refractivity contribution < 1.29 is 9.47 Å². The topological polar surface area (TPSA) is 134 Å². The van der Waals surface area contributed by atoms with Crippen LogP contribution in [0.15, 0.2) is 21.7 Å². The fourth-order valence-corrected chi connectivity index (χ4v) is 2.44. The number of aromatic amines is 2. The molecule has 0 fully saturated rings. The lowest BCUT2D eigenvalue weighted by Gasteiger charge is -2.06. The minimum Gasteiger partial charge on any atom is -0.380 e. The molecule has 0 bridgehead atoms. The Morgan fingerprint density at radius 2 is 1.50 bits per heavy atom. The first-order valence-electron chi connectivity index (χ1n) is 7.90. The van der Waals surface area contributed by atoms with Gasteiger partial charge in [-0.3, -0.25) is 9.59 Å². The number of hydrogen-bond acceptors (Lipinski definition) is 6. The Morgan fingerprint density at radius 3 is 2.00 bits per heavy atom. The third-order valence-electron chi connectivity index (χ3n) is 3.53. The third kappa shape index (κ3) is 5.67. The molecule has 0 aliphatic rings. The first kappa shape index (κ1) is 21.3. The highest BCUT2D eigenvalue weighted by Crippen LogP contribution is 2.06. The quantitative estimate of drug-likeness (QED) is 0.728. The Bertz CT molecular complexity index is 894. The predicted molar refractivity (Wildman–Crippen MR) is 97.6 cm³/mol. The lowest BCUT2D eigenvalue weighted by atomic mass is 10.1. The van der Waals surface area contributed by atoms with Crippen molar-refractivity contribution in [3.05, 3.63) is 66.5 Å². The number of ether oxygens (including phenoxy) is 2. The molecule has 2 aromatic heterocycles. The second kappa shape index (κ2) is 10.3. The van der Waals surface area contributed by atoms with E-state index in [0.717, 1.165) is 17.0 Å². The Kier molecular flexibility index (Phi) is 8.45. The smallest absolute Gasteiger partial charge is 0.266 e. The molecule has 8 nitrogen and oxygen atoms in total. The van der Waals surface area contributed by atoms with Gasteiger partial charge in [-0.25, -0.2) is 0 Å². The van der Waals surface area contributed by atoms with Crippen LogP contribution in [0.4, 0.5) is 0 Å². The van der Waals surface area contributed by atoms with Gasteiger partial charge in [-0.05, 0) is 31.5 Å². The van der Waals surface area contributed by atoms with E-state index in [4.69, 9.17) is 20.5 Å². The molecule has 2 aromatic rings. The molecular formula is C18H24N4O4. The number of nitrogens with zero attached hydrogens (tertiary/aromatic N) is 1. The molecule has 0 saturated carbocycles. The van der Waals surface area contributed by atoms with Crippen LogP contribution < -0.4 is 16.9 Å². The number of pyridine rings is 2. The normalized spacial score (nSPS) is 10.0. The molecule has 140 valence electrons. The largest absolute Gasteiger partial charge is 0.380 e. The van der Waals surface area contributed by atoms with Gasteiger partial charge in [-0.15, -0.1) is 0 Å². The van der Waals surface area contributed by atoms with Crippen LogP contribution in [-0.2, 0) is 29.2 Å². The molecule has 0 aliphatic heterocycles. The van der Waals surface area contributed by atoms with Gasteiger partial charge >= 0.3 is 0 Å². The van der Waals surface area contributed by atoms with E-state index in [1.54, 1.807) is 20.1 Å². The molecule has 0 aromatic carbocycles. The van der Waals surface area contributed by atoms with Crippen LogP contribution in [0.2, 0.25) is 0 Å². The second-order valence-electron chi connectivity index (χ2n) is 5.65. The van der Waals surface area contributed by atoms with Crippen LogP contribution in [0, 0.1) is 25.2 Å². The van der Waals surface area contributed by atoms with E-state index in [1.807, 2.05) is 19.1 Å². The SMILES string of the molecule is COCc1cc(C)[nH]c(=O)c1C#N.COCc1cc(C)[nH]c(=O)c1CN. The van der Waals surface area contributed by atoms with E-state index < -0.39 is 0 Å². The monoisotopic (exact) mass is 360 g/mol. The van der Waals surface area contributed by atoms with Gasteiger partial charge in [0.05, 0.1) is 13.2 Å². The highest BCUT2D eigenvalue weighted by atomic mass is 16.5. The van der Waals surface area contributed by atoms with Gasteiger partial charge in [0.15, 0.2) is 0 Å². The molecule has 8 heteroatoms. The van der Waals surface area contributed by atoms with Crippen LogP contribution in [0.25, 0.3) is 0 Å². The van der Waals surface area contributed by atoms with Crippen molar-refractivity contribution in [2.24, 2.45) is 5.73 Å². The summed E-state index contributed by atoms with van der Waals surface area (Å²) < 4.78 is 9.85. The Hall–Kier alpha value is -2.73. The van der Waals surface area contributed by atoms with Crippen molar-refractivity contribution in [1.82, 2.24) is 9.97 Å². The molecule has 0 amide bonds. The van der Waals surface area contributed by atoms with Gasteiger partial charge in [-0.2, -0.15) is 5.26 Å². The molecule has 4 N–H and O–H groups in total. The number of nitriles is 1. The average Bonchev–Trinajstić information content (AvgIpc) is 2.55. The lowest BCUT2D eigenvalue weighted by Crippen LogP contribution is -2.20. The fraction of sp³-hybridized carbons (Fsp3) is 0.389. The summed E-state index contributed by atoms with van der Waals surface area (Å²) in [6.45, 7) is 4.56.